The number of hydrogen-bond acceptors (Lipinski definition) is 7. The van der Waals surface area contributed by atoms with E-state index in [1.807, 2.05) is 30.3 Å². The number of piperazine rings is 1. The molecule has 0 radical (unpaired) electrons. The molecule has 1 amide bonds. The third-order valence-corrected chi connectivity index (χ3v) is 7.79. The smallest absolute Gasteiger partial charge is 0.409 e. The molecule has 0 aromatic heterocycles. The summed E-state index contributed by atoms with van der Waals surface area (Å²) in [6.45, 7) is 9.14. The number of ether oxygens (including phenoxy) is 3. The average molecular weight is 587 g/mol. The second-order valence-electron chi connectivity index (χ2n) is 11.9. The maximum Gasteiger partial charge on any atom is 0.409 e. The number of carbonyl (C=O) groups excluding carboxylic acids is 2. The summed E-state index contributed by atoms with van der Waals surface area (Å²) in [6.07, 6.45) is -0.353. The molecule has 1 aliphatic heterocycles. The van der Waals surface area contributed by atoms with Crippen LogP contribution in [0.15, 0.2) is 60.7 Å². The van der Waals surface area contributed by atoms with Gasteiger partial charge < -0.3 is 29.1 Å². The van der Waals surface area contributed by atoms with Crippen molar-refractivity contribution < 1.29 is 33.7 Å². The number of hydrogen-bond donors (Lipinski definition) is 1. The first-order valence-corrected chi connectivity index (χ1v) is 14.5. The van der Waals surface area contributed by atoms with Crippen LogP contribution in [0.5, 0.6) is 0 Å². The lowest BCUT2D eigenvalue weighted by atomic mass is 9.98. The number of anilines is 1. The van der Waals surface area contributed by atoms with E-state index in [0.29, 0.717) is 37.3 Å². The van der Waals surface area contributed by atoms with Gasteiger partial charge in [-0.15, -0.1) is 0 Å². The molecule has 1 aliphatic carbocycles. The Balaban J connectivity index is 1.20. The third-order valence-electron chi connectivity index (χ3n) is 7.79. The molecular formula is C34H38N2O7. The minimum Gasteiger partial charge on any atom is -0.478 e. The van der Waals surface area contributed by atoms with Gasteiger partial charge in [0.1, 0.15) is 18.8 Å². The molecule has 1 heterocycles. The summed E-state index contributed by atoms with van der Waals surface area (Å²) >= 11 is 0. The van der Waals surface area contributed by atoms with Crippen LogP contribution in [0.1, 0.15) is 59.3 Å². The highest BCUT2D eigenvalue weighted by Crippen LogP contribution is 2.44. The van der Waals surface area contributed by atoms with Crippen LogP contribution < -0.4 is 4.90 Å². The normalized spacial score (nSPS) is 14.7. The second kappa shape index (κ2) is 12.5. The Kier molecular flexibility index (Phi) is 8.73. The van der Waals surface area contributed by atoms with E-state index in [9.17, 15) is 19.5 Å². The van der Waals surface area contributed by atoms with Gasteiger partial charge in [0, 0.05) is 37.8 Å². The van der Waals surface area contributed by atoms with Crippen LogP contribution in [-0.2, 0) is 25.6 Å². The standard InChI is InChI=1S/C34H38N2O7/c1-22-28(32(38)39)17-23(19-41-21-31(37)43-34(2,3)4)18-30(22)35-13-15-36(16-14-35)33(40)42-20-29-26-11-7-5-9-24(26)25-10-6-8-12-27(25)29/h5-12,17-18,29H,13-16,19-21H2,1-4H3,(H,38,39). The maximum absolute atomic E-state index is 13.1. The van der Waals surface area contributed by atoms with Crippen LogP contribution in [-0.4, -0.2) is 73.0 Å². The van der Waals surface area contributed by atoms with Crippen molar-refractivity contribution >= 4 is 23.7 Å². The number of carbonyl (C=O) groups is 3. The highest BCUT2D eigenvalue weighted by Gasteiger charge is 2.31. The number of esters is 1. The fourth-order valence-corrected chi connectivity index (χ4v) is 5.83. The molecule has 3 aromatic rings. The van der Waals surface area contributed by atoms with Crippen molar-refractivity contribution in [1.29, 1.82) is 0 Å². The molecule has 43 heavy (non-hydrogen) atoms. The van der Waals surface area contributed by atoms with Crippen LogP contribution in [0.25, 0.3) is 11.1 Å². The number of nitrogens with zero attached hydrogens (tertiary/aromatic N) is 2. The summed E-state index contributed by atoms with van der Waals surface area (Å²) in [5.74, 6) is -1.53. The minimum atomic E-state index is -1.04. The van der Waals surface area contributed by atoms with E-state index in [2.05, 4.69) is 29.2 Å². The summed E-state index contributed by atoms with van der Waals surface area (Å²) in [4.78, 5) is 40.9. The molecule has 9 nitrogen and oxygen atoms in total. The summed E-state index contributed by atoms with van der Waals surface area (Å²) in [5.41, 5.74) is 6.30. The van der Waals surface area contributed by atoms with Crippen molar-refractivity contribution in [2.45, 2.75) is 45.8 Å². The molecule has 1 fully saturated rings. The molecular weight excluding hydrogens is 548 g/mol. The number of fused-ring (bicyclic) bond motifs is 3. The Morgan fingerprint density at radius 1 is 0.907 bits per heavy atom. The van der Waals surface area contributed by atoms with E-state index < -0.39 is 17.5 Å². The zero-order chi connectivity index (χ0) is 30.7. The van der Waals surface area contributed by atoms with Crippen molar-refractivity contribution in [2.24, 2.45) is 0 Å². The van der Waals surface area contributed by atoms with E-state index in [1.54, 1.807) is 38.7 Å². The number of aromatic carboxylic acids is 1. The quantitative estimate of drug-likeness (QED) is 0.339. The lowest BCUT2D eigenvalue weighted by Gasteiger charge is -2.36. The number of amides is 1. The highest BCUT2D eigenvalue weighted by atomic mass is 16.6. The van der Waals surface area contributed by atoms with Crippen molar-refractivity contribution in [1.82, 2.24) is 4.90 Å². The topological polar surface area (TPSA) is 106 Å². The monoisotopic (exact) mass is 586 g/mol. The van der Waals surface area contributed by atoms with Crippen LogP contribution in [0, 0.1) is 6.92 Å². The van der Waals surface area contributed by atoms with E-state index in [4.69, 9.17) is 14.2 Å². The molecule has 0 saturated carbocycles. The SMILES string of the molecule is Cc1c(C(=O)O)cc(COCC(=O)OC(C)(C)C)cc1N1CCN(C(=O)OCC2c3ccccc3-c3ccccc32)CC1. The predicted octanol–water partition coefficient (Wildman–Crippen LogP) is 5.62. The van der Waals surface area contributed by atoms with Gasteiger partial charge in [0.2, 0.25) is 0 Å². The fraction of sp³-hybridized carbons (Fsp3) is 0.382. The molecule has 9 heteroatoms. The van der Waals surface area contributed by atoms with Gasteiger partial charge in [-0.05, 0) is 73.2 Å². The van der Waals surface area contributed by atoms with Crippen LogP contribution in [0.4, 0.5) is 10.5 Å². The van der Waals surface area contributed by atoms with Crippen LogP contribution in [0.3, 0.4) is 0 Å². The Morgan fingerprint density at radius 3 is 2.09 bits per heavy atom. The Bertz CT molecular complexity index is 1470. The first-order chi connectivity index (χ1) is 20.5. The van der Waals surface area contributed by atoms with Crippen LogP contribution >= 0.6 is 0 Å². The van der Waals surface area contributed by atoms with Crippen molar-refractivity contribution in [3.8, 4) is 11.1 Å². The predicted molar refractivity (Wildman–Crippen MR) is 162 cm³/mol. The number of rotatable bonds is 8. The summed E-state index contributed by atoms with van der Waals surface area (Å²) < 4.78 is 16.7. The molecule has 0 bridgehead atoms. The Hall–Kier alpha value is -4.37. The van der Waals surface area contributed by atoms with Gasteiger partial charge in [-0.2, -0.15) is 0 Å². The van der Waals surface area contributed by atoms with Gasteiger partial charge in [0.25, 0.3) is 0 Å². The molecule has 1 N–H and O–H groups in total. The number of carboxylic acid groups (broad SMARTS) is 1. The summed E-state index contributed by atoms with van der Waals surface area (Å²) in [5, 5.41) is 9.84. The maximum atomic E-state index is 13.1. The molecule has 1 saturated heterocycles. The van der Waals surface area contributed by atoms with Gasteiger partial charge in [0.15, 0.2) is 0 Å². The van der Waals surface area contributed by atoms with E-state index in [-0.39, 0.29) is 37.4 Å². The molecule has 2 aliphatic rings. The van der Waals surface area contributed by atoms with E-state index >= 15 is 0 Å². The van der Waals surface area contributed by atoms with Gasteiger partial charge in [-0.1, -0.05) is 48.5 Å². The van der Waals surface area contributed by atoms with E-state index in [0.717, 1.165) is 5.69 Å². The van der Waals surface area contributed by atoms with Gasteiger partial charge in [-0.25, -0.2) is 14.4 Å². The lowest BCUT2D eigenvalue weighted by Crippen LogP contribution is -2.49. The molecule has 226 valence electrons. The Labute approximate surface area is 252 Å². The molecule has 3 aromatic carbocycles. The molecule has 5 rings (SSSR count). The van der Waals surface area contributed by atoms with Gasteiger partial charge in [-0.3, -0.25) is 0 Å². The first-order valence-electron chi connectivity index (χ1n) is 14.5. The molecule has 0 unspecified atom stereocenters. The number of carboxylic acids is 1. The van der Waals surface area contributed by atoms with Crippen molar-refractivity contribution in [3.05, 3.63) is 88.5 Å². The summed E-state index contributed by atoms with van der Waals surface area (Å²) in [7, 11) is 0. The van der Waals surface area contributed by atoms with Gasteiger partial charge >= 0.3 is 18.0 Å². The third kappa shape index (κ3) is 6.83. The second-order valence-corrected chi connectivity index (χ2v) is 11.9. The average Bonchev–Trinajstić information content (AvgIpc) is 3.29. The first kappa shape index (κ1) is 30.1. The minimum absolute atomic E-state index is 0.00462. The zero-order valence-corrected chi connectivity index (χ0v) is 25.1. The van der Waals surface area contributed by atoms with Crippen molar-refractivity contribution in [2.75, 3.05) is 44.3 Å². The molecule has 0 spiro atoms. The zero-order valence-electron chi connectivity index (χ0n) is 25.1. The highest BCUT2D eigenvalue weighted by molar-refractivity contribution is 5.91. The van der Waals surface area contributed by atoms with Gasteiger partial charge in [0.05, 0.1) is 12.2 Å². The molecule has 0 atom stereocenters. The number of benzene rings is 3. The van der Waals surface area contributed by atoms with Crippen molar-refractivity contribution in [3.63, 3.8) is 0 Å². The largest absolute Gasteiger partial charge is 0.478 e. The summed E-state index contributed by atoms with van der Waals surface area (Å²) in [6, 6.07) is 19.9. The van der Waals surface area contributed by atoms with E-state index in [1.165, 1.54) is 22.3 Å². The lowest BCUT2D eigenvalue weighted by molar-refractivity contribution is -0.160. The van der Waals surface area contributed by atoms with Crippen LogP contribution in [0.2, 0.25) is 0 Å². The Morgan fingerprint density at radius 2 is 1.51 bits per heavy atom. The fourth-order valence-electron chi connectivity index (χ4n) is 5.83.